The molecule has 0 saturated heterocycles. The van der Waals surface area contributed by atoms with E-state index in [2.05, 4.69) is 13.8 Å². The van der Waals surface area contributed by atoms with Gasteiger partial charge in [0.25, 0.3) is 0 Å². The Kier molecular flexibility index (Phi) is 4.02. The van der Waals surface area contributed by atoms with Gasteiger partial charge in [0.15, 0.2) is 0 Å². The van der Waals surface area contributed by atoms with Crippen LogP contribution in [-0.4, -0.2) is 21.6 Å². The Morgan fingerprint density at radius 1 is 1.15 bits per heavy atom. The second kappa shape index (κ2) is 5.73. The zero-order valence-corrected chi connectivity index (χ0v) is 16.0. The number of carbonyl (C=O) groups excluding carboxylic acids is 1. The van der Waals surface area contributed by atoms with Gasteiger partial charge in [0, 0.05) is 17.1 Å². The van der Waals surface area contributed by atoms with Crippen LogP contribution in [0.25, 0.3) is 5.69 Å². The Balaban J connectivity index is 2.47. The molecule has 3 rings (SSSR count). The van der Waals surface area contributed by atoms with Crippen molar-refractivity contribution < 1.29 is 14.7 Å². The third kappa shape index (κ3) is 2.37. The molecule has 3 N–H and O–H groups in total. The quantitative estimate of drug-likeness (QED) is 0.882. The average Bonchev–Trinajstić information content (AvgIpc) is 2.99. The summed E-state index contributed by atoms with van der Waals surface area (Å²) < 4.78 is 1.99. The van der Waals surface area contributed by atoms with E-state index in [0.29, 0.717) is 12.1 Å². The highest BCUT2D eigenvalue weighted by Crippen LogP contribution is 2.54. The SMILES string of the molecule is Cc1c2c(c(C(C)C(=O)O)n1-c1ccccc1)C(C)(C(N)=O)CC2(C)C. The molecule has 5 nitrogen and oxygen atoms in total. The minimum atomic E-state index is -0.918. The molecule has 2 unspecified atom stereocenters. The summed E-state index contributed by atoms with van der Waals surface area (Å²) in [6.07, 6.45) is 0.579. The number of carboxylic acids is 1. The van der Waals surface area contributed by atoms with Crippen LogP contribution in [0.3, 0.4) is 0 Å². The van der Waals surface area contributed by atoms with Crippen LogP contribution in [0.1, 0.15) is 62.5 Å². The highest BCUT2D eigenvalue weighted by molar-refractivity contribution is 5.90. The van der Waals surface area contributed by atoms with Crippen LogP contribution in [-0.2, 0) is 20.4 Å². The van der Waals surface area contributed by atoms with Gasteiger partial charge in [-0.05, 0) is 55.9 Å². The number of carbonyl (C=O) groups is 2. The van der Waals surface area contributed by atoms with Crippen molar-refractivity contribution in [3.05, 3.63) is 52.8 Å². The van der Waals surface area contributed by atoms with Crippen molar-refractivity contribution in [1.29, 1.82) is 0 Å². The largest absolute Gasteiger partial charge is 0.481 e. The van der Waals surface area contributed by atoms with E-state index >= 15 is 0 Å². The number of fused-ring (bicyclic) bond motifs is 1. The van der Waals surface area contributed by atoms with Crippen LogP contribution >= 0.6 is 0 Å². The van der Waals surface area contributed by atoms with E-state index < -0.39 is 23.2 Å². The third-order valence-electron chi connectivity index (χ3n) is 5.81. The number of para-hydroxylation sites is 1. The molecule has 5 heteroatoms. The molecule has 0 bridgehead atoms. The Hall–Kier alpha value is -2.56. The number of amides is 1. The van der Waals surface area contributed by atoms with Crippen molar-refractivity contribution in [2.75, 3.05) is 0 Å². The molecule has 138 valence electrons. The maximum Gasteiger partial charge on any atom is 0.312 e. The van der Waals surface area contributed by atoms with E-state index in [4.69, 9.17) is 5.73 Å². The first-order valence-electron chi connectivity index (χ1n) is 8.86. The van der Waals surface area contributed by atoms with E-state index in [0.717, 1.165) is 22.5 Å². The van der Waals surface area contributed by atoms with Gasteiger partial charge in [0.1, 0.15) is 0 Å². The first kappa shape index (κ1) is 18.2. The Bertz CT molecular complexity index is 896. The van der Waals surface area contributed by atoms with Gasteiger partial charge in [0.05, 0.1) is 11.3 Å². The number of primary amides is 1. The smallest absolute Gasteiger partial charge is 0.312 e. The Labute approximate surface area is 153 Å². The standard InChI is InChI=1S/C21H26N2O3/c1-12(18(24)25)17-16-15(20(3,4)11-21(16,5)19(22)26)13(2)23(17)14-9-7-6-8-10-14/h6-10,12H,11H2,1-5H3,(H2,22,26)(H,24,25). The molecule has 1 aliphatic rings. The van der Waals surface area contributed by atoms with Gasteiger partial charge in [-0.25, -0.2) is 0 Å². The number of rotatable bonds is 4. The number of carboxylic acid groups (broad SMARTS) is 1. The van der Waals surface area contributed by atoms with Crippen LogP contribution in [0, 0.1) is 6.92 Å². The van der Waals surface area contributed by atoms with E-state index in [9.17, 15) is 14.7 Å². The molecule has 2 atom stereocenters. The fraction of sp³-hybridized carbons (Fsp3) is 0.429. The van der Waals surface area contributed by atoms with Crippen LogP contribution < -0.4 is 5.73 Å². The summed E-state index contributed by atoms with van der Waals surface area (Å²) in [6.45, 7) is 9.70. The number of nitrogens with zero attached hydrogens (tertiary/aromatic N) is 1. The van der Waals surface area contributed by atoms with Crippen molar-refractivity contribution in [2.24, 2.45) is 5.73 Å². The topological polar surface area (TPSA) is 85.3 Å². The summed E-state index contributed by atoms with van der Waals surface area (Å²) in [4.78, 5) is 24.3. The second-order valence-electron chi connectivity index (χ2n) is 8.21. The summed E-state index contributed by atoms with van der Waals surface area (Å²) in [6, 6.07) is 9.68. The fourth-order valence-electron chi connectivity index (χ4n) is 4.81. The molecule has 0 aliphatic heterocycles. The summed E-state index contributed by atoms with van der Waals surface area (Å²) in [5.74, 6) is -2.09. The summed E-state index contributed by atoms with van der Waals surface area (Å²) in [5, 5.41) is 9.76. The first-order chi connectivity index (χ1) is 12.0. The maximum absolute atomic E-state index is 12.4. The number of nitrogens with two attached hydrogens (primary N) is 1. The maximum atomic E-state index is 12.4. The van der Waals surface area contributed by atoms with E-state index in [1.54, 1.807) is 6.92 Å². The van der Waals surface area contributed by atoms with Crippen molar-refractivity contribution in [2.45, 2.75) is 57.8 Å². The summed E-state index contributed by atoms with van der Waals surface area (Å²) in [7, 11) is 0. The number of aliphatic carboxylic acids is 1. The lowest BCUT2D eigenvalue weighted by atomic mass is 9.78. The number of aromatic nitrogens is 1. The van der Waals surface area contributed by atoms with Crippen molar-refractivity contribution >= 4 is 11.9 Å². The average molecular weight is 354 g/mol. The molecule has 0 saturated carbocycles. The lowest BCUT2D eigenvalue weighted by Gasteiger charge is -2.28. The minimum Gasteiger partial charge on any atom is -0.481 e. The third-order valence-corrected chi connectivity index (χ3v) is 5.81. The second-order valence-corrected chi connectivity index (χ2v) is 8.21. The van der Waals surface area contributed by atoms with E-state index in [1.165, 1.54) is 0 Å². The normalized spacial score (nSPS) is 22.0. The monoisotopic (exact) mass is 354 g/mol. The van der Waals surface area contributed by atoms with Crippen molar-refractivity contribution in [3.8, 4) is 5.69 Å². The predicted molar refractivity (Wildman–Crippen MR) is 101 cm³/mol. The van der Waals surface area contributed by atoms with Gasteiger partial charge >= 0.3 is 5.97 Å². The van der Waals surface area contributed by atoms with Crippen LogP contribution in [0.4, 0.5) is 0 Å². The van der Waals surface area contributed by atoms with Gasteiger partial charge in [-0.15, -0.1) is 0 Å². The molecule has 26 heavy (non-hydrogen) atoms. The molecule has 2 aromatic rings. The highest BCUT2D eigenvalue weighted by atomic mass is 16.4. The Morgan fingerprint density at radius 3 is 2.23 bits per heavy atom. The molecule has 0 radical (unpaired) electrons. The molecule has 1 aromatic heterocycles. The summed E-state index contributed by atoms with van der Waals surface area (Å²) >= 11 is 0. The van der Waals surface area contributed by atoms with Crippen LogP contribution in [0.5, 0.6) is 0 Å². The lowest BCUT2D eigenvalue weighted by Crippen LogP contribution is -2.39. The van der Waals surface area contributed by atoms with E-state index in [1.807, 2.05) is 48.7 Å². The predicted octanol–water partition coefficient (Wildman–Crippen LogP) is 3.40. The fourth-order valence-corrected chi connectivity index (χ4v) is 4.81. The molecule has 1 aromatic carbocycles. The highest BCUT2D eigenvalue weighted by Gasteiger charge is 2.53. The minimum absolute atomic E-state index is 0.268. The number of benzene rings is 1. The summed E-state index contributed by atoms with van der Waals surface area (Å²) in [5.41, 5.74) is 9.03. The lowest BCUT2D eigenvalue weighted by molar-refractivity contribution is -0.138. The molecular formula is C21H26N2O3. The molecule has 1 aliphatic carbocycles. The molecule has 0 fully saturated rings. The molecule has 1 amide bonds. The van der Waals surface area contributed by atoms with Crippen LogP contribution in [0.2, 0.25) is 0 Å². The molecular weight excluding hydrogens is 328 g/mol. The van der Waals surface area contributed by atoms with Gasteiger partial charge in [-0.2, -0.15) is 0 Å². The van der Waals surface area contributed by atoms with Crippen LogP contribution in [0.15, 0.2) is 30.3 Å². The van der Waals surface area contributed by atoms with Crippen molar-refractivity contribution in [1.82, 2.24) is 4.57 Å². The van der Waals surface area contributed by atoms with Gasteiger partial charge in [-0.3, -0.25) is 9.59 Å². The van der Waals surface area contributed by atoms with Gasteiger partial charge < -0.3 is 15.4 Å². The Morgan fingerprint density at radius 2 is 1.73 bits per heavy atom. The molecule has 1 heterocycles. The zero-order chi connectivity index (χ0) is 19.4. The van der Waals surface area contributed by atoms with Gasteiger partial charge in [0.2, 0.25) is 5.91 Å². The first-order valence-corrected chi connectivity index (χ1v) is 8.86. The molecule has 0 spiro atoms. The van der Waals surface area contributed by atoms with Crippen molar-refractivity contribution in [3.63, 3.8) is 0 Å². The van der Waals surface area contributed by atoms with Gasteiger partial charge in [-0.1, -0.05) is 32.0 Å². The van der Waals surface area contributed by atoms with E-state index in [-0.39, 0.29) is 5.41 Å². The number of hydrogen-bond donors (Lipinski definition) is 2. The zero-order valence-electron chi connectivity index (χ0n) is 16.0. The number of hydrogen-bond acceptors (Lipinski definition) is 2.